The highest BCUT2D eigenvalue weighted by atomic mass is 16.1. The molecule has 0 radical (unpaired) electrons. The number of carbonyl (C=O) groups excluding carboxylic acids is 1. The molecule has 0 saturated carbocycles. The van der Waals surface area contributed by atoms with Crippen molar-refractivity contribution < 1.29 is 4.79 Å². The first-order valence-corrected chi connectivity index (χ1v) is 2.00. The van der Waals surface area contributed by atoms with Crippen LogP contribution in [0.2, 0.25) is 0 Å². The number of nitrogens with one attached hydrogen (secondary N) is 1. The van der Waals surface area contributed by atoms with E-state index in [1.807, 2.05) is 6.79 Å². The second-order valence-corrected chi connectivity index (χ2v) is 1.10. The fourth-order valence-corrected chi connectivity index (χ4v) is 0.177. The highest BCUT2D eigenvalue weighted by Gasteiger charge is 1.92. The lowest BCUT2D eigenvalue weighted by Crippen LogP contribution is -2.29. The van der Waals surface area contributed by atoms with Crippen molar-refractivity contribution in [1.29, 1.82) is 0 Å². The third-order valence-electron chi connectivity index (χ3n) is 0.707. The molecule has 1 saturated heterocycles. The quantitative estimate of drug-likeness (QED) is 0.443. The highest BCUT2D eigenvalue weighted by molar-refractivity contribution is 5.10. The lowest BCUT2D eigenvalue weighted by molar-refractivity contribution is -0.0979. The molecular weight excluding hydrogens is 78.0 g/mol. The van der Waals surface area contributed by atoms with Gasteiger partial charge in [-0.1, -0.05) is 0 Å². The van der Waals surface area contributed by atoms with E-state index >= 15 is 0 Å². The third-order valence-corrected chi connectivity index (χ3v) is 0.707. The van der Waals surface area contributed by atoms with Crippen molar-refractivity contribution in [3.8, 4) is 0 Å². The first-order valence-electron chi connectivity index (χ1n) is 2.00. The molecule has 1 aliphatic rings. The topological polar surface area (TPSA) is 29.1 Å². The van der Waals surface area contributed by atoms with Crippen molar-refractivity contribution in [1.82, 2.24) is 5.32 Å². The Bertz CT molecular complexity index is 22.7. The second kappa shape index (κ2) is 4.63. The molecule has 1 aliphatic heterocycles. The van der Waals surface area contributed by atoms with Crippen LogP contribution < -0.4 is 5.32 Å². The number of hydrogen-bond donors (Lipinski definition) is 1. The predicted octanol–water partition coefficient (Wildman–Crippen LogP) is -0.205. The summed E-state index contributed by atoms with van der Waals surface area (Å²) in [5.41, 5.74) is 0. The summed E-state index contributed by atoms with van der Waals surface area (Å²) in [6, 6.07) is 0. The van der Waals surface area contributed by atoms with Crippen molar-refractivity contribution >= 4 is 6.79 Å². The van der Waals surface area contributed by atoms with Crippen LogP contribution in [0.3, 0.4) is 0 Å². The van der Waals surface area contributed by atoms with Gasteiger partial charge in [0.25, 0.3) is 0 Å². The smallest absolute Gasteiger partial charge is 0.106 e. The van der Waals surface area contributed by atoms with Crippen LogP contribution in [-0.4, -0.2) is 19.9 Å². The predicted molar refractivity (Wildman–Crippen MR) is 24.6 cm³/mol. The molecule has 36 valence electrons. The minimum absolute atomic E-state index is 1.25. The van der Waals surface area contributed by atoms with E-state index < -0.39 is 0 Å². The summed E-state index contributed by atoms with van der Waals surface area (Å²) < 4.78 is 0. The van der Waals surface area contributed by atoms with Crippen LogP contribution in [0.1, 0.15) is 6.42 Å². The molecule has 1 rings (SSSR count). The molecule has 1 fully saturated rings. The van der Waals surface area contributed by atoms with Crippen molar-refractivity contribution in [3.63, 3.8) is 0 Å². The summed E-state index contributed by atoms with van der Waals surface area (Å²) in [6.45, 7) is 4.50. The van der Waals surface area contributed by atoms with Gasteiger partial charge in [-0.25, -0.2) is 0 Å². The minimum atomic E-state index is 1.25. The van der Waals surface area contributed by atoms with Crippen LogP contribution in [0, 0.1) is 0 Å². The molecule has 0 atom stereocenters. The average molecular weight is 87.1 g/mol. The Labute approximate surface area is 37.5 Å². The lowest BCUT2D eigenvalue weighted by atomic mass is 10.3. The molecule has 0 aromatic heterocycles. The standard InChI is InChI=1S/C3H7N.CH2O/c1-2-4-3-1;1-2/h4H,1-3H2;1H2. The molecule has 0 unspecified atom stereocenters. The van der Waals surface area contributed by atoms with Crippen LogP contribution in [0.15, 0.2) is 0 Å². The van der Waals surface area contributed by atoms with Gasteiger partial charge in [-0.05, 0) is 19.5 Å². The molecule has 0 bridgehead atoms. The Hall–Kier alpha value is -0.370. The van der Waals surface area contributed by atoms with Gasteiger partial charge in [-0.3, -0.25) is 0 Å². The first kappa shape index (κ1) is 5.63. The Balaban J connectivity index is 0.000000112. The van der Waals surface area contributed by atoms with E-state index in [0.717, 1.165) is 0 Å². The number of hydrogen-bond acceptors (Lipinski definition) is 2. The fraction of sp³-hybridized carbons (Fsp3) is 0.750. The molecular formula is C4H9NO. The van der Waals surface area contributed by atoms with Crippen LogP contribution in [0.25, 0.3) is 0 Å². The maximum Gasteiger partial charge on any atom is 0.106 e. The largest absolute Gasteiger partial charge is 0.317 e. The molecule has 6 heavy (non-hydrogen) atoms. The Kier molecular flexibility index (Phi) is 4.34. The first-order chi connectivity index (χ1) is 3.00. The average Bonchev–Trinajstić information content (AvgIpc) is 1.36. The molecule has 2 nitrogen and oxygen atoms in total. The van der Waals surface area contributed by atoms with Gasteiger partial charge in [0.2, 0.25) is 0 Å². The molecule has 1 heterocycles. The van der Waals surface area contributed by atoms with Crippen LogP contribution >= 0.6 is 0 Å². The van der Waals surface area contributed by atoms with Gasteiger partial charge < -0.3 is 10.1 Å². The van der Waals surface area contributed by atoms with Crippen molar-refractivity contribution in [2.75, 3.05) is 13.1 Å². The summed E-state index contributed by atoms with van der Waals surface area (Å²) in [5.74, 6) is 0. The maximum atomic E-state index is 8.00. The van der Waals surface area contributed by atoms with Gasteiger partial charge in [-0.2, -0.15) is 0 Å². The molecule has 2 heteroatoms. The van der Waals surface area contributed by atoms with Crippen LogP contribution in [-0.2, 0) is 4.79 Å². The molecule has 1 N–H and O–H groups in total. The van der Waals surface area contributed by atoms with E-state index in [0.29, 0.717) is 0 Å². The SMILES string of the molecule is C1CNC1.C=O. The summed E-state index contributed by atoms with van der Waals surface area (Å²) in [7, 11) is 0. The summed E-state index contributed by atoms with van der Waals surface area (Å²) >= 11 is 0. The number of carbonyl (C=O) groups is 1. The molecule has 0 aromatic rings. The Morgan fingerprint density at radius 2 is 1.50 bits per heavy atom. The highest BCUT2D eigenvalue weighted by Crippen LogP contribution is 1.80. The van der Waals surface area contributed by atoms with Gasteiger partial charge >= 0.3 is 0 Å². The Morgan fingerprint density at radius 1 is 1.33 bits per heavy atom. The van der Waals surface area contributed by atoms with E-state index in [4.69, 9.17) is 4.79 Å². The lowest BCUT2D eigenvalue weighted by Gasteiger charge is -2.09. The van der Waals surface area contributed by atoms with Crippen LogP contribution in [0.5, 0.6) is 0 Å². The fourth-order valence-electron chi connectivity index (χ4n) is 0.177. The zero-order valence-corrected chi connectivity index (χ0v) is 3.74. The molecule has 0 spiro atoms. The second-order valence-electron chi connectivity index (χ2n) is 1.10. The third kappa shape index (κ3) is 1.91. The molecule has 0 aliphatic carbocycles. The summed E-state index contributed by atoms with van der Waals surface area (Å²) in [6.07, 6.45) is 1.39. The van der Waals surface area contributed by atoms with E-state index in [9.17, 15) is 0 Å². The van der Waals surface area contributed by atoms with Crippen LogP contribution in [0.4, 0.5) is 0 Å². The zero-order valence-electron chi connectivity index (χ0n) is 3.74. The summed E-state index contributed by atoms with van der Waals surface area (Å²) in [4.78, 5) is 8.00. The van der Waals surface area contributed by atoms with Crippen molar-refractivity contribution in [3.05, 3.63) is 0 Å². The van der Waals surface area contributed by atoms with Crippen molar-refractivity contribution in [2.24, 2.45) is 0 Å². The van der Waals surface area contributed by atoms with Gasteiger partial charge in [-0.15, -0.1) is 0 Å². The normalized spacial score (nSPS) is 16.7. The van der Waals surface area contributed by atoms with E-state index in [2.05, 4.69) is 5.32 Å². The number of rotatable bonds is 0. The zero-order chi connectivity index (χ0) is 4.83. The molecule has 0 aromatic carbocycles. The van der Waals surface area contributed by atoms with Gasteiger partial charge in [0.1, 0.15) is 6.79 Å². The summed E-state index contributed by atoms with van der Waals surface area (Å²) in [5, 5.41) is 3.11. The van der Waals surface area contributed by atoms with Gasteiger partial charge in [0.05, 0.1) is 0 Å². The molecule has 0 amide bonds. The monoisotopic (exact) mass is 87.1 g/mol. The Morgan fingerprint density at radius 3 is 1.50 bits per heavy atom. The van der Waals surface area contributed by atoms with Gasteiger partial charge in [0, 0.05) is 0 Å². The minimum Gasteiger partial charge on any atom is -0.317 e. The van der Waals surface area contributed by atoms with E-state index in [-0.39, 0.29) is 0 Å². The van der Waals surface area contributed by atoms with Gasteiger partial charge in [0.15, 0.2) is 0 Å². The van der Waals surface area contributed by atoms with Crippen molar-refractivity contribution in [2.45, 2.75) is 6.42 Å². The maximum absolute atomic E-state index is 8.00. The van der Waals surface area contributed by atoms with E-state index in [1.54, 1.807) is 0 Å². The van der Waals surface area contributed by atoms with E-state index in [1.165, 1.54) is 19.5 Å².